The molecule has 0 amide bonds. The number of pyridine rings is 1. The number of rotatable bonds is 1. The third-order valence-corrected chi connectivity index (χ3v) is 6.20. The number of methoxy groups -OCH3 is 1. The number of nitrogens with zero attached hydrogens (tertiary/aromatic N) is 1. The molecule has 154 valence electrons. The summed E-state index contributed by atoms with van der Waals surface area (Å²) < 4.78 is 13.5. The average molecular weight is 405 g/mol. The van der Waals surface area contributed by atoms with Gasteiger partial charge in [0, 0.05) is 18.5 Å². The van der Waals surface area contributed by atoms with Crippen molar-refractivity contribution in [1.29, 1.82) is 0 Å². The van der Waals surface area contributed by atoms with Gasteiger partial charge in [0.2, 0.25) is 5.43 Å². The number of aliphatic hydroxyl groups excluding tert-OH is 2. The van der Waals surface area contributed by atoms with Crippen molar-refractivity contribution in [2.24, 2.45) is 7.05 Å². The zero-order valence-corrected chi connectivity index (χ0v) is 17.3. The first-order valence-corrected chi connectivity index (χ1v) is 9.86. The maximum Gasteiger partial charge on any atom is 0.201 e. The minimum Gasteiger partial charge on any atom is -0.496 e. The Kier molecular flexibility index (Phi) is 3.91. The van der Waals surface area contributed by atoms with E-state index < -0.39 is 17.8 Å². The standard InChI is InChI=1S/C24H23NO5/c1-24(2)23(28)22(27)19-17(30-24)11-16(29-4)18-20(19)25(3)15-10-13-8-6-5-7-12(13)9-14(15)21(18)26/h5-11,22-23,27-28H,1-4H3/t22-,23-/m1/s1. The Labute approximate surface area is 172 Å². The molecule has 6 heteroatoms. The van der Waals surface area contributed by atoms with Crippen LogP contribution in [0.5, 0.6) is 11.5 Å². The maximum absolute atomic E-state index is 13.6. The van der Waals surface area contributed by atoms with Gasteiger partial charge in [-0.15, -0.1) is 0 Å². The summed E-state index contributed by atoms with van der Waals surface area (Å²) in [6.07, 6.45) is -2.36. The Morgan fingerprint density at radius 2 is 1.77 bits per heavy atom. The van der Waals surface area contributed by atoms with Crippen LogP contribution in [-0.4, -0.2) is 33.6 Å². The molecule has 0 aliphatic carbocycles. The van der Waals surface area contributed by atoms with Gasteiger partial charge >= 0.3 is 0 Å². The molecule has 0 spiro atoms. The van der Waals surface area contributed by atoms with Gasteiger partial charge in [0.25, 0.3) is 0 Å². The van der Waals surface area contributed by atoms with Gasteiger partial charge in [-0.2, -0.15) is 0 Å². The highest BCUT2D eigenvalue weighted by molar-refractivity contribution is 6.04. The molecule has 2 atom stereocenters. The molecule has 2 N–H and O–H groups in total. The van der Waals surface area contributed by atoms with Crippen LogP contribution in [0.2, 0.25) is 0 Å². The average Bonchev–Trinajstić information content (AvgIpc) is 2.73. The number of ether oxygens (including phenoxy) is 2. The highest BCUT2D eigenvalue weighted by Crippen LogP contribution is 2.46. The maximum atomic E-state index is 13.6. The second-order valence-corrected chi connectivity index (χ2v) is 8.41. The van der Waals surface area contributed by atoms with Crippen LogP contribution in [0, 0.1) is 0 Å². The second-order valence-electron chi connectivity index (χ2n) is 8.41. The number of benzene rings is 3. The molecule has 5 rings (SSSR count). The van der Waals surface area contributed by atoms with E-state index in [2.05, 4.69) is 0 Å². The van der Waals surface area contributed by atoms with E-state index in [0.717, 1.165) is 16.3 Å². The van der Waals surface area contributed by atoms with Crippen molar-refractivity contribution in [2.45, 2.75) is 31.7 Å². The zero-order valence-electron chi connectivity index (χ0n) is 17.3. The van der Waals surface area contributed by atoms with Crippen molar-refractivity contribution in [2.75, 3.05) is 7.11 Å². The fourth-order valence-corrected chi connectivity index (χ4v) is 4.56. The summed E-state index contributed by atoms with van der Waals surface area (Å²) >= 11 is 0. The van der Waals surface area contributed by atoms with Gasteiger partial charge in [0.15, 0.2) is 0 Å². The lowest BCUT2D eigenvalue weighted by molar-refractivity contribution is -0.111. The highest BCUT2D eigenvalue weighted by atomic mass is 16.5. The molecular formula is C24H23NO5. The molecule has 0 bridgehead atoms. The topological polar surface area (TPSA) is 80.9 Å². The highest BCUT2D eigenvalue weighted by Gasteiger charge is 2.44. The van der Waals surface area contributed by atoms with Gasteiger partial charge in [0.1, 0.15) is 29.3 Å². The first-order chi connectivity index (χ1) is 14.2. The number of fused-ring (bicyclic) bond motifs is 5. The summed E-state index contributed by atoms with van der Waals surface area (Å²) in [7, 11) is 3.35. The van der Waals surface area contributed by atoms with E-state index in [1.807, 2.05) is 48.0 Å². The second kappa shape index (κ2) is 6.20. The molecule has 6 nitrogen and oxygen atoms in total. The summed E-state index contributed by atoms with van der Waals surface area (Å²) in [6.45, 7) is 3.43. The molecule has 1 aliphatic rings. The van der Waals surface area contributed by atoms with Crippen LogP contribution in [0.1, 0.15) is 25.5 Å². The summed E-state index contributed by atoms with van der Waals surface area (Å²) in [5.74, 6) is 0.774. The molecule has 0 radical (unpaired) electrons. The van der Waals surface area contributed by atoms with Crippen LogP contribution < -0.4 is 14.9 Å². The fraction of sp³-hybridized carbons (Fsp3) is 0.292. The number of aliphatic hydroxyl groups is 2. The molecule has 3 aromatic carbocycles. The first-order valence-electron chi connectivity index (χ1n) is 9.86. The van der Waals surface area contributed by atoms with Crippen molar-refractivity contribution in [3.05, 3.63) is 58.3 Å². The molecule has 0 unspecified atom stereocenters. The lowest BCUT2D eigenvalue weighted by Gasteiger charge is -2.40. The predicted octanol–water partition coefficient (Wildman–Crippen LogP) is 3.42. The van der Waals surface area contributed by atoms with Crippen LogP contribution in [0.15, 0.2) is 47.3 Å². The zero-order chi connectivity index (χ0) is 21.4. The smallest absolute Gasteiger partial charge is 0.201 e. The number of aromatic nitrogens is 1. The van der Waals surface area contributed by atoms with Gasteiger partial charge in [-0.3, -0.25) is 4.79 Å². The van der Waals surface area contributed by atoms with Gasteiger partial charge < -0.3 is 24.3 Å². The summed E-state index contributed by atoms with van der Waals surface area (Å²) in [5.41, 5.74) is 0.450. The van der Waals surface area contributed by atoms with Crippen molar-refractivity contribution in [3.8, 4) is 11.5 Å². The van der Waals surface area contributed by atoms with Crippen molar-refractivity contribution in [3.63, 3.8) is 0 Å². The third kappa shape index (κ3) is 2.41. The number of hydrogen-bond acceptors (Lipinski definition) is 5. The molecule has 0 saturated carbocycles. The Hall–Kier alpha value is -3.09. The number of hydrogen-bond donors (Lipinski definition) is 2. The van der Waals surface area contributed by atoms with Crippen LogP contribution >= 0.6 is 0 Å². The Morgan fingerprint density at radius 1 is 1.10 bits per heavy atom. The molecule has 4 aromatic rings. The number of aryl methyl sites for hydroxylation is 1. The normalized spacial score (nSPS) is 20.3. The minimum atomic E-state index is -1.21. The minimum absolute atomic E-state index is 0.185. The lowest BCUT2D eigenvalue weighted by Crippen LogP contribution is -2.49. The Bertz CT molecular complexity index is 1400. The Balaban J connectivity index is 2.01. The predicted molar refractivity (Wildman–Crippen MR) is 116 cm³/mol. The van der Waals surface area contributed by atoms with E-state index in [0.29, 0.717) is 33.4 Å². The summed E-state index contributed by atoms with van der Waals surface area (Å²) in [5, 5.41) is 24.6. The Morgan fingerprint density at radius 3 is 2.43 bits per heavy atom. The van der Waals surface area contributed by atoms with Gasteiger partial charge in [-0.25, -0.2) is 0 Å². The van der Waals surface area contributed by atoms with Crippen LogP contribution in [0.25, 0.3) is 32.6 Å². The SMILES string of the molecule is COc1cc2c(c3c1c(=O)c1cc4ccccc4cc1n3C)[C@@H](O)[C@@H](O)C(C)(C)O2. The van der Waals surface area contributed by atoms with Crippen LogP contribution in [-0.2, 0) is 7.05 Å². The third-order valence-electron chi connectivity index (χ3n) is 6.20. The van der Waals surface area contributed by atoms with Crippen molar-refractivity contribution < 1.29 is 19.7 Å². The van der Waals surface area contributed by atoms with Gasteiger partial charge in [0.05, 0.1) is 29.1 Å². The fourth-order valence-electron chi connectivity index (χ4n) is 4.56. The van der Waals surface area contributed by atoms with Gasteiger partial charge in [-0.05, 0) is 36.8 Å². The van der Waals surface area contributed by atoms with Crippen molar-refractivity contribution in [1.82, 2.24) is 4.57 Å². The van der Waals surface area contributed by atoms with E-state index in [9.17, 15) is 15.0 Å². The molecule has 30 heavy (non-hydrogen) atoms. The summed E-state index contributed by atoms with van der Waals surface area (Å²) in [6, 6.07) is 13.3. The molecule has 1 aromatic heterocycles. The van der Waals surface area contributed by atoms with E-state index in [1.54, 1.807) is 19.9 Å². The molecule has 2 heterocycles. The van der Waals surface area contributed by atoms with Gasteiger partial charge in [-0.1, -0.05) is 24.3 Å². The molecule has 1 aliphatic heterocycles. The summed E-state index contributed by atoms with van der Waals surface area (Å²) in [4.78, 5) is 13.6. The van der Waals surface area contributed by atoms with Crippen LogP contribution in [0.3, 0.4) is 0 Å². The monoisotopic (exact) mass is 405 g/mol. The molecule has 0 fully saturated rings. The van der Waals surface area contributed by atoms with Crippen LogP contribution in [0.4, 0.5) is 0 Å². The van der Waals surface area contributed by atoms with E-state index in [1.165, 1.54) is 7.11 Å². The van der Waals surface area contributed by atoms with E-state index in [4.69, 9.17) is 9.47 Å². The largest absolute Gasteiger partial charge is 0.496 e. The van der Waals surface area contributed by atoms with Crippen molar-refractivity contribution >= 4 is 32.6 Å². The molecular weight excluding hydrogens is 382 g/mol. The molecule has 0 saturated heterocycles. The van der Waals surface area contributed by atoms with E-state index >= 15 is 0 Å². The lowest BCUT2D eigenvalue weighted by atomic mass is 9.86. The quantitative estimate of drug-likeness (QED) is 0.475. The van der Waals surface area contributed by atoms with E-state index in [-0.39, 0.29) is 5.43 Å². The first kappa shape index (κ1) is 18.9.